The van der Waals surface area contributed by atoms with Gasteiger partial charge in [0.1, 0.15) is 5.60 Å². The van der Waals surface area contributed by atoms with Gasteiger partial charge in [-0.2, -0.15) is 11.8 Å². The predicted octanol–water partition coefficient (Wildman–Crippen LogP) is 1.86. The maximum Gasteiger partial charge on any atom is 0.273 e. The first-order valence-electron chi connectivity index (χ1n) is 4.51. The van der Waals surface area contributed by atoms with Gasteiger partial charge in [-0.3, -0.25) is 0 Å². The topological polar surface area (TPSA) is 42.4 Å². The molecule has 5 heteroatoms. The number of aromatic nitrogens is 1. The predicted molar refractivity (Wildman–Crippen MR) is 59.1 cm³/mol. The van der Waals surface area contributed by atoms with Crippen LogP contribution in [0.1, 0.15) is 19.0 Å². The summed E-state index contributed by atoms with van der Waals surface area (Å²) in [5.41, 5.74) is 0.00894. The molecule has 0 bridgehead atoms. The average Bonchev–Trinajstić information content (AvgIpc) is 2.75. The number of nitrogens with zero attached hydrogens (tertiary/aromatic N) is 1. The summed E-state index contributed by atoms with van der Waals surface area (Å²) in [7, 11) is 1.60. The van der Waals surface area contributed by atoms with Crippen LogP contribution < -0.4 is 4.74 Å². The Balaban J connectivity index is 2.28. The third-order valence-electron chi connectivity index (χ3n) is 2.62. The molecular formula is C9H13NO2S2. The van der Waals surface area contributed by atoms with E-state index in [0.29, 0.717) is 5.19 Å². The zero-order valence-electron chi connectivity index (χ0n) is 8.19. The van der Waals surface area contributed by atoms with E-state index in [9.17, 15) is 5.11 Å². The fourth-order valence-corrected chi connectivity index (χ4v) is 3.63. The lowest BCUT2D eigenvalue weighted by atomic mass is 9.94. The molecule has 1 aliphatic rings. The van der Waals surface area contributed by atoms with Crippen LogP contribution in [-0.4, -0.2) is 28.2 Å². The molecule has 0 radical (unpaired) electrons. The average molecular weight is 231 g/mol. The van der Waals surface area contributed by atoms with Crippen LogP contribution in [0.4, 0.5) is 0 Å². The highest BCUT2D eigenvalue weighted by Crippen LogP contribution is 2.43. The SMILES string of the molecule is COc1nc(C2(O)CCSC2C)cs1. The fraction of sp³-hybridized carbons (Fsp3) is 0.667. The number of thioether (sulfide) groups is 1. The molecule has 0 aliphatic carbocycles. The minimum absolute atomic E-state index is 0.217. The number of aliphatic hydroxyl groups is 1. The monoisotopic (exact) mass is 231 g/mol. The van der Waals surface area contributed by atoms with E-state index in [2.05, 4.69) is 4.98 Å². The standard InChI is InChI=1S/C9H13NO2S2/c1-6-9(11,3-4-13-6)7-5-14-8(10-7)12-2/h5-6,11H,3-4H2,1-2H3. The summed E-state index contributed by atoms with van der Waals surface area (Å²) in [4.78, 5) is 4.27. The van der Waals surface area contributed by atoms with Crippen LogP contribution in [0.3, 0.4) is 0 Å². The van der Waals surface area contributed by atoms with E-state index in [0.717, 1.165) is 17.9 Å². The molecule has 0 aromatic carbocycles. The summed E-state index contributed by atoms with van der Waals surface area (Å²) in [5.74, 6) is 0.998. The second-order valence-electron chi connectivity index (χ2n) is 3.39. The smallest absolute Gasteiger partial charge is 0.273 e. The van der Waals surface area contributed by atoms with Gasteiger partial charge in [-0.05, 0) is 12.2 Å². The Labute approximate surface area is 91.5 Å². The van der Waals surface area contributed by atoms with Crippen LogP contribution in [-0.2, 0) is 5.60 Å². The first-order valence-corrected chi connectivity index (χ1v) is 6.43. The van der Waals surface area contributed by atoms with E-state index in [-0.39, 0.29) is 5.25 Å². The largest absolute Gasteiger partial charge is 0.473 e. The van der Waals surface area contributed by atoms with Crippen molar-refractivity contribution in [2.75, 3.05) is 12.9 Å². The first kappa shape index (κ1) is 10.3. The van der Waals surface area contributed by atoms with Crippen molar-refractivity contribution < 1.29 is 9.84 Å². The van der Waals surface area contributed by atoms with E-state index in [4.69, 9.17) is 4.74 Å². The lowest BCUT2D eigenvalue weighted by molar-refractivity contribution is 0.0385. The highest BCUT2D eigenvalue weighted by molar-refractivity contribution is 8.00. The maximum absolute atomic E-state index is 10.4. The van der Waals surface area contributed by atoms with Gasteiger partial charge >= 0.3 is 0 Å². The molecule has 0 spiro atoms. The van der Waals surface area contributed by atoms with E-state index < -0.39 is 5.60 Å². The van der Waals surface area contributed by atoms with Crippen molar-refractivity contribution in [1.82, 2.24) is 4.98 Å². The Hall–Kier alpha value is -0.260. The van der Waals surface area contributed by atoms with Crippen molar-refractivity contribution in [1.29, 1.82) is 0 Å². The summed E-state index contributed by atoms with van der Waals surface area (Å²) in [5, 5.41) is 13.1. The van der Waals surface area contributed by atoms with Gasteiger partial charge in [-0.15, -0.1) is 0 Å². The van der Waals surface area contributed by atoms with Crippen molar-refractivity contribution in [3.63, 3.8) is 0 Å². The molecule has 0 amide bonds. The fourth-order valence-electron chi connectivity index (χ4n) is 1.62. The van der Waals surface area contributed by atoms with Gasteiger partial charge in [0.15, 0.2) is 0 Å². The summed E-state index contributed by atoms with van der Waals surface area (Å²) < 4.78 is 5.02. The zero-order chi connectivity index (χ0) is 10.2. The van der Waals surface area contributed by atoms with Crippen molar-refractivity contribution >= 4 is 23.1 Å². The number of thiazole rings is 1. The molecule has 78 valence electrons. The third kappa shape index (κ3) is 1.53. The van der Waals surface area contributed by atoms with Gasteiger partial charge in [0.25, 0.3) is 5.19 Å². The highest BCUT2D eigenvalue weighted by Gasteiger charge is 2.42. The molecule has 1 aliphatic heterocycles. The zero-order valence-corrected chi connectivity index (χ0v) is 9.82. The molecule has 2 unspecified atom stereocenters. The van der Waals surface area contributed by atoms with Crippen LogP contribution in [0.2, 0.25) is 0 Å². The lowest BCUT2D eigenvalue weighted by Gasteiger charge is -2.24. The molecule has 2 atom stereocenters. The molecule has 1 N–H and O–H groups in total. The van der Waals surface area contributed by atoms with E-state index in [1.807, 2.05) is 12.3 Å². The highest BCUT2D eigenvalue weighted by atomic mass is 32.2. The number of hydrogen-bond acceptors (Lipinski definition) is 5. The van der Waals surface area contributed by atoms with Crippen LogP contribution in [0.25, 0.3) is 0 Å². The number of rotatable bonds is 2. The molecular weight excluding hydrogens is 218 g/mol. The summed E-state index contributed by atoms with van der Waals surface area (Å²) in [6.45, 7) is 2.05. The molecule has 1 aromatic rings. The Morgan fingerprint density at radius 3 is 3.00 bits per heavy atom. The molecule has 3 nitrogen and oxygen atoms in total. The Morgan fingerprint density at radius 1 is 1.71 bits per heavy atom. The molecule has 14 heavy (non-hydrogen) atoms. The molecule has 1 saturated heterocycles. The lowest BCUT2D eigenvalue weighted by Crippen LogP contribution is -2.31. The van der Waals surface area contributed by atoms with Crippen LogP contribution in [0.5, 0.6) is 5.19 Å². The second kappa shape index (κ2) is 3.72. The molecule has 0 saturated carbocycles. The normalized spacial score (nSPS) is 32.1. The second-order valence-corrected chi connectivity index (χ2v) is 5.66. The Kier molecular flexibility index (Phi) is 2.72. The number of methoxy groups -OCH3 is 1. The third-order valence-corrected chi connectivity index (χ3v) is 4.76. The maximum atomic E-state index is 10.4. The van der Waals surface area contributed by atoms with E-state index >= 15 is 0 Å². The minimum atomic E-state index is -0.752. The minimum Gasteiger partial charge on any atom is -0.473 e. The molecule has 2 rings (SSSR count). The van der Waals surface area contributed by atoms with Crippen molar-refractivity contribution in [2.24, 2.45) is 0 Å². The van der Waals surface area contributed by atoms with Crippen molar-refractivity contribution in [2.45, 2.75) is 24.2 Å². The molecule has 1 aromatic heterocycles. The van der Waals surface area contributed by atoms with Gasteiger partial charge in [-0.25, -0.2) is 4.98 Å². The van der Waals surface area contributed by atoms with Gasteiger partial charge in [-0.1, -0.05) is 18.3 Å². The van der Waals surface area contributed by atoms with Crippen LogP contribution in [0, 0.1) is 0 Å². The number of ether oxygens (including phenoxy) is 1. The van der Waals surface area contributed by atoms with Crippen LogP contribution >= 0.6 is 23.1 Å². The van der Waals surface area contributed by atoms with E-state index in [1.165, 1.54) is 11.3 Å². The Bertz CT molecular complexity index is 328. The van der Waals surface area contributed by atoms with Crippen molar-refractivity contribution in [3.05, 3.63) is 11.1 Å². The van der Waals surface area contributed by atoms with Gasteiger partial charge in [0.2, 0.25) is 0 Å². The van der Waals surface area contributed by atoms with Crippen molar-refractivity contribution in [3.8, 4) is 5.19 Å². The quantitative estimate of drug-likeness (QED) is 0.843. The van der Waals surface area contributed by atoms with Crippen LogP contribution in [0.15, 0.2) is 5.38 Å². The van der Waals surface area contributed by atoms with Gasteiger partial charge in [0, 0.05) is 10.6 Å². The molecule has 2 heterocycles. The number of hydrogen-bond donors (Lipinski definition) is 1. The summed E-state index contributed by atoms with van der Waals surface area (Å²) >= 11 is 3.22. The van der Waals surface area contributed by atoms with Gasteiger partial charge in [0.05, 0.1) is 12.8 Å². The summed E-state index contributed by atoms with van der Waals surface area (Å²) in [6, 6.07) is 0. The first-order chi connectivity index (χ1) is 6.66. The van der Waals surface area contributed by atoms with Gasteiger partial charge < -0.3 is 9.84 Å². The van der Waals surface area contributed by atoms with E-state index in [1.54, 1.807) is 18.9 Å². The Morgan fingerprint density at radius 2 is 2.50 bits per heavy atom. The summed E-state index contributed by atoms with van der Waals surface area (Å²) in [6.07, 6.45) is 0.783. The molecule has 1 fully saturated rings.